The summed E-state index contributed by atoms with van der Waals surface area (Å²) in [6, 6.07) is 7.23. The number of benzene rings is 1. The van der Waals surface area contributed by atoms with Crippen molar-refractivity contribution in [3.63, 3.8) is 0 Å². The molecule has 0 spiro atoms. The Hall–Kier alpha value is -1.84. The summed E-state index contributed by atoms with van der Waals surface area (Å²) in [6.07, 6.45) is 1.16. The second-order valence-electron chi connectivity index (χ2n) is 7.08. The topological polar surface area (TPSA) is 99.8 Å². The number of nitrogens with two attached hydrogens (primary N) is 1. The van der Waals surface area contributed by atoms with Gasteiger partial charge in [-0.1, -0.05) is 26.0 Å². The Morgan fingerprint density at radius 1 is 1.23 bits per heavy atom. The molecule has 0 unspecified atom stereocenters. The first-order chi connectivity index (χ1) is 11.8. The molecule has 1 fully saturated rings. The Morgan fingerprint density at radius 2 is 1.88 bits per heavy atom. The molecule has 7 nitrogen and oxygen atoms in total. The molecule has 8 heteroatoms. The van der Waals surface area contributed by atoms with Gasteiger partial charge in [0.15, 0.2) is 5.96 Å². The van der Waals surface area contributed by atoms with Crippen LogP contribution in [0.4, 0.5) is 0 Å². The van der Waals surface area contributed by atoms with Gasteiger partial charge >= 0.3 is 0 Å². The summed E-state index contributed by atoms with van der Waals surface area (Å²) in [5.74, 6) is 0.0212. The molecule has 1 aliphatic heterocycles. The maximum atomic E-state index is 11.8. The van der Waals surface area contributed by atoms with E-state index in [-0.39, 0.29) is 36.4 Å². The van der Waals surface area contributed by atoms with Crippen molar-refractivity contribution < 1.29 is 9.59 Å². The van der Waals surface area contributed by atoms with E-state index in [1.807, 2.05) is 12.1 Å². The number of rotatable bonds is 5. The summed E-state index contributed by atoms with van der Waals surface area (Å²) in [7, 11) is 1.79. The van der Waals surface area contributed by atoms with E-state index in [9.17, 15) is 9.59 Å². The van der Waals surface area contributed by atoms with Gasteiger partial charge in [0.2, 0.25) is 5.91 Å². The first-order valence-corrected chi connectivity index (χ1v) is 8.42. The zero-order chi connectivity index (χ0) is 18.4. The minimum atomic E-state index is -0.564. The third kappa shape index (κ3) is 6.47. The number of nitrogens with one attached hydrogen (secondary N) is 2. The van der Waals surface area contributed by atoms with Crippen molar-refractivity contribution in [3.8, 4) is 0 Å². The predicted octanol–water partition coefficient (Wildman–Crippen LogP) is 1.33. The van der Waals surface area contributed by atoms with Crippen LogP contribution in [0.1, 0.15) is 36.2 Å². The van der Waals surface area contributed by atoms with Gasteiger partial charge in [0.05, 0.1) is 6.54 Å². The van der Waals surface area contributed by atoms with Gasteiger partial charge < -0.3 is 21.3 Å². The second-order valence-corrected chi connectivity index (χ2v) is 7.08. The molecule has 0 atom stereocenters. The summed E-state index contributed by atoms with van der Waals surface area (Å²) in [5.41, 5.74) is 6.88. The van der Waals surface area contributed by atoms with Gasteiger partial charge in [-0.2, -0.15) is 0 Å². The number of likely N-dealkylation sites (tertiary alicyclic amines) is 1. The zero-order valence-corrected chi connectivity index (χ0v) is 17.9. The lowest BCUT2D eigenvalue weighted by atomic mass is 9.93. The van der Waals surface area contributed by atoms with Gasteiger partial charge in [0, 0.05) is 32.2 Å². The van der Waals surface area contributed by atoms with Gasteiger partial charge in [-0.25, -0.2) is 0 Å². The average molecular weight is 473 g/mol. The smallest absolute Gasteiger partial charge is 0.251 e. The number of nitrogens with zero attached hydrogens (tertiary/aromatic N) is 2. The predicted molar refractivity (Wildman–Crippen MR) is 114 cm³/mol. The Balaban J connectivity index is 0.00000338. The summed E-state index contributed by atoms with van der Waals surface area (Å²) in [5, 5.41) is 5.84. The van der Waals surface area contributed by atoms with Crippen molar-refractivity contribution in [3.05, 3.63) is 35.4 Å². The van der Waals surface area contributed by atoms with Crippen molar-refractivity contribution in [1.29, 1.82) is 0 Å². The first-order valence-electron chi connectivity index (χ1n) is 8.42. The molecule has 2 amide bonds. The highest BCUT2D eigenvalue weighted by molar-refractivity contribution is 14.0. The molecule has 0 aliphatic carbocycles. The van der Waals surface area contributed by atoms with Gasteiger partial charge in [0.25, 0.3) is 5.91 Å². The number of primary amides is 1. The standard InChI is InChI=1S/C18H27N5O2.HI/c1-18(2)8-9-23(12-18)17(20-3)22-10-13-4-6-14(7-5-13)16(25)21-11-15(19)24;/h4-7H,8-12H2,1-3H3,(H2,19,24)(H,20,22)(H,21,25);1H. The first kappa shape index (κ1) is 22.2. The van der Waals surface area contributed by atoms with E-state index in [2.05, 4.69) is 34.4 Å². The Kier molecular flexibility index (Phi) is 8.32. The number of halogens is 1. The third-order valence-corrected chi connectivity index (χ3v) is 4.28. The van der Waals surface area contributed by atoms with E-state index in [1.54, 1.807) is 19.2 Å². The fourth-order valence-electron chi connectivity index (χ4n) is 2.85. The molecule has 1 aromatic carbocycles. The zero-order valence-electron chi connectivity index (χ0n) is 15.5. The van der Waals surface area contributed by atoms with Crippen LogP contribution in [0.25, 0.3) is 0 Å². The van der Waals surface area contributed by atoms with Gasteiger partial charge in [-0.3, -0.25) is 14.6 Å². The fourth-order valence-corrected chi connectivity index (χ4v) is 2.85. The van der Waals surface area contributed by atoms with Crippen LogP contribution >= 0.6 is 24.0 Å². The molecule has 0 saturated carbocycles. The summed E-state index contributed by atoms with van der Waals surface area (Å²) in [4.78, 5) is 29.2. The number of carbonyl (C=O) groups is 2. The summed E-state index contributed by atoms with van der Waals surface area (Å²) >= 11 is 0. The Labute approximate surface area is 171 Å². The summed E-state index contributed by atoms with van der Waals surface area (Å²) in [6.45, 7) is 7.00. The molecule has 0 aromatic heterocycles. The van der Waals surface area contributed by atoms with Crippen LogP contribution < -0.4 is 16.4 Å². The number of hydrogen-bond acceptors (Lipinski definition) is 3. The lowest BCUT2D eigenvalue weighted by molar-refractivity contribution is -0.117. The molecular formula is C18H28IN5O2. The van der Waals surface area contributed by atoms with Crippen LogP contribution in [0.5, 0.6) is 0 Å². The van der Waals surface area contributed by atoms with Crippen molar-refractivity contribution in [1.82, 2.24) is 15.5 Å². The maximum Gasteiger partial charge on any atom is 0.251 e. The highest BCUT2D eigenvalue weighted by Gasteiger charge is 2.30. The van der Waals surface area contributed by atoms with E-state index in [0.29, 0.717) is 17.5 Å². The fraction of sp³-hybridized carbons (Fsp3) is 0.500. The average Bonchev–Trinajstić information content (AvgIpc) is 2.93. The van der Waals surface area contributed by atoms with Gasteiger partial charge in [-0.15, -0.1) is 24.0 Å². The van der Waals surface area contributed by atoms with Crippen LogP contribution in [0.2, 0.25) is 0 Å². The summed E-state index contributed by atoms with van der Waals surface area (Å²) < 4.78 is 0. The number of aliphatic imine (C=N–C) groups is 1. The van der Waals surface area contributed by atoms with Crippen molar-refractivity contribution in [2.75, 3.05) is 26.7 Å². The van der Waals surface area contributed by atoms with E-state index < -0.39 is 5.91 Å². The Bertz CT molecular complexity index is 658. The van der Waals surface area contributed by atoms with Crippen LogP contribution in [-0.2, 0) is 11.3 Å². The lowest BCUT2D eigenvalue weighted by Gasteiger charge is -2.23. The normalized spacial score (nSPS) is 16.0. The van der Waals surface area contributed by atoms with E-state index in [4.69, 9.17) is 5.73 Å². The minimum Gasteiger partial charge on any atom is -0.368 e. The number of guanidine groups is 1. The monoisotopic (exact) mass is 473 g/mol. The SMILES string of the molecule is CN=C(NCc1ccc(C(=O)NCC(N)=O)cc1)N1CCC(C)(C)C1.I. The number of carbonyl (C=O) groups excluding carboxylic acids is 2. The van der Waals surface area contributed by atoms with Crippen molar-refractivity contribution in [2.45, 2.75) is 26.8 Å². The third-order valence-electron chi connectivity index (χ3n) is 4.28. The molecule has 1 aliphatic rings. The number of amides is 2. The van der Waals surface area contributed by atoms with E-state index in [1.165, 1.54) is 0 Å². The molecule has 4 N–H and O–H groups in total. The lowest BCUT2D eigenvalue weighted by Crippen LogP contribution is -2.40. The molecule has 144 valence electrons. The van der Waals surface area contributed by atoms with Crippen LogP contribution in [0.3, 0.4) is 0 Å². The van der Waals surface area contributed by atoms with Crippen LogP contribution in [-0.4, -0.2) is 49.4 Å². The quantitative estimate of drug-likeness (QED) is 0.341. The highest BCUT2D eigenvalue weighted by Crippen LogP contribution is 2.28. The molecule has 26 heavy (non-hydrogen) atoms. The maximum absolute atomic E-state index is 11.8. The van der Waals surface area contributed by atoms with E-state index >= 15 is 0 Å². The van der Waals surface area contributed by atoms with Crippen molar-refractivity contribution >= 4 is 41.8 Å². The van der Waals surface area contributed by atoms with Crippen LogP contribution in [0, 0.1) is 5.41 Å². The molecule has 1 saturated heterocycles. The second kappa shape index (κ2) is 9.75. The molecule has 0 bridgehead atoms. The van der Waals surface area contributed by atoms with Crippen molar-refractivity contribution in [2.24, 2.45) is 16.1 Å². The molecule has 1 heterocycles. The molecule has 1 aromatic rings. The molecule has 0 radical (unpaired) electrons. The van der Waals surface area contributed by atoms with Gasteiger partial charge in [0.1, 0.15) is 0 Å². The molecular weight excluding hydrogens is 445 g/mol. The van der Waals surface area contributed by atoms with Crippen LogP contribution in [0.15, 0.2) is 29.3 Å². The Morgan fingerprint density at radius 3 is 2.38 bits per heavy atom. The van der Waals surface area contributed by atoms with Gasteiger partial charge in [-0.05, 0) is 29.5 Å². The highest BCUT2D eigenvalue weighted by atomic mass is 127. The van der Waals surface area contributed by atoms with E-state index in [0.717, 1.165) is 31.0 Å². The molecule has 2 rings (SSSR count). The largest absolute Gasteiger partial charge is 0.368 e. The number of hydrogen-bond donors (Lipinski definition) is 3. The minimum absolute atomic E-state index is 0.